The van der Waals surface area contributed by atoms with E-state index in [-0.39, 0.29) is 0 Å². The fraction of sp³-hybridized carbons (Fsp3) is 0.0833. The molecular formula is C12H10IN5. The smallest absolute Gasteiger partial charge is 0.201 e. The van der Waals surface area contributed by atoms with Crippen LogP contribution in [-0.4, -0.2) is 19.7 Å². The third-order valence-corrected chi connectivity index (χ3v) is 3.36. The van der Waals surface area contributed by atoms with Crippen LogP contribution in [0, 0.1) is 3.57 Å². The van der Waals surface area contributed by atoms with Gasteiger partial charge in [-0.15, -0.1) is 0 Å². The highest BCUT2D eigenvalue weighted by Gasteiger charge is 2.09. The van der Waals surface area contributed by atoms with Crippen molar-refractivity contribution in [1.82, 2.24) is 19.7 Å². The number of nitrogen functional groups attached to an aromatic ring is 1. The van der Waals surface area contributed by atoms with Crippen LogP contribution in [0.3, 0.4) is 0 Å². The number of rotatable bonds is 2. The highest BCUT2D eigenvalue weighted by molar-refractivity contribution is 14.1. The van der Waals surface area contributed by atoms with Gasteiger partial charge < -0.3 is 10.3 Å². The molecule has 5 nitrogen and oxygen atoms in total. The minimum absolute atomic E-state index is 0.498. The molecule has 0 saturated carbocycles. The molecular weight excluding hydrogens is 341 g/mol. The molecule has 0 aliphatic carbocycles. The molecule has 0 radical (unpaired) electrons. The van der Waals surface area contributed by atoms with Crippen LogP contribution in [0.25, 0.3) is 11.0 Å². The van der Waals surface area contributed by atoms with Crippen LogP contribution >= 0.6 is 22.6 Å². The maximum Gasteiger partial charge on any atom is 0.201 e. The van der Waals surface area contributed by atoms with Gasteiger partial charge in [0.1, 0.15) is 0 Å². The first-order valence-electron chi connectivity index (χ1n) is 5.42. The first-order chi connectivity index (χ1) is 8.74. The largest absolute Gasteiger partial charge is 0.369 e. The number of fused-ring (bicyclic) bond motifs is 1. The normalized spacial score (nSPS) is 10.9. The van der Waals surface area contributed by atoms with Gasteiger partial charge in [-0.1, -0.05) is 0 Å². The maximum atomic E-state index is 5.95. The Labute approximate surface area is 117 Å². The predicted molar refractivity (Wildman–Crippen MR) is 78.0 cm³/mol. The van der Waals surface area contributed by atoms with Gasteiger partial charge in [0.15, 0.2) is 0 Å². The lowest BCUT2D eigenvalue weighted by atomic mass is 10.3. The Hall–Kier alpha value is -1.70. The molecule has 6 heteroatoms. The second-order valence-corrected chi connectivity index (χ2v) is 5.15. The first kappa shape index (κ1) is 11.4. The summed E-state index contributed by atoms with van der Waals surface area (Å²) in [6, 6.07) is 9.86. The molecule has 90 valence electrons. The van der Waals surface area contributed by atoms with E-state index in [9.17, 15) is 0 Å². The standard InChI is InChI=1S/C12H10IN5/c13-8-3-4-11-10(6-8)16-12(14)18(11)7-9-2-1-5-15-17-9/h1-6H,7H2,(H2,14,16). The van der Waals surface area contributed by atoms with Gasteiger partial charge in [0.25, 0.3) is 0 Å². The average molecular weight is 351 g/mol. The van der Waals surface area contributed by atoms with Crippen LogP contribution in [0.5, 0.6) is 0 Å². The van der Waals surface area contributed by atoms with Crippen molar-refractivity contribution in [2.75, 3.05) is 5.73 Å². The van der Waals surface area contributed by atoms with Gasteiger partial charge in [0.05, 0.1) is 23.3 Å². The van der Waals surface area contributed by atoms with Crippen LogP contribution in [0.1, 0.15) is 5.69 Å². The molecule has 0 amide bonds. The van der Waals surface area contributed by atoms with Gasteiger partial charge in [-0.2, -0.15) is 10.2 Å². The monoisotopic (exact) mass is 351 g/mol. The molecule has 18 heavy (non-hydrogen) atoms. The Morgan fingerprint density at radius 3 is 2.94 bits per heavy atom. The van der Waals surface area contributed by atoms with E-state index in [4.69, 9.17) is 5.73 Å². The van der Waals surface area contributed by atoms with E-state index in [0.29, 0.717) is 12.5 Å². The molecule has 1 aromatic carbocycles. The number of benzene rings is 1. The maximum absolute atomic E-state index is 5.95. The molecule has 0 saturated heterocycles. The number of aromatic nitrogens is 4. The van der Waals surface area contributed by atoms with Crippen molar-refractivity contribution < 1.29 is 0 Å². The summed E-state index contributed by atoms with van der Waals surface area (Å²) in [6.45, 7) is 0.580. The van der Waals surface area contributed by atoms with E-state index in [1.165, 1.54) is 0 Å². The van der Waals surface area contributed by atoms with Crippen molar-refractivity contribution in [2.24, 2.45) is 0 Å². The van der Waals surface area contributed by atoms with E-state index in [2.05, 4.69) is 37.8 Å². The Morgan fingerprint density at radius 1 is 1.28 bits per heavy atom. The highest BCUT2D eigenvalue weighted by atomic mass is 127. The molecule has 3 rings (SSSR count). The van der Waals surface area contributed by atoms with E-state index in [1.807, 2.05) is 34.9 Å². The summed E-state index contributed by atoms with van der Waals surface area (Å²) in [5, 5.41) is 7.93. The van der Waals surface area contributed by atoms with E-state index >= 15 is 0 Å². The first-order valence-corrected chi connectivity index (χ1v) is 6.50. The Kier molecular flexibility index (Phi) is 2.86. The van der Waals surface area contributed by atoms with Crippen molar-refractivity contribution >= 4 is 39.6 Å². The van der Waals surface area contributed by atoms with Gasteiger partial charge in [-0.05, 0) is 52.9 Å². The summed E-state index contributed by atoms with van der Waals surface area (Å²) in [6.07, 6.45) is 1.65. The number of imidazole rings is 1. The average Bonchev–Trinajstić information content (AvgIpc) is 2.66. The number of nitrogens with zero attached hydrogens (tertiary/aromatic N) is 4. The number of hydrogen-bond acceptors (Lipinski definition) is 4. The second kappa shape index (κ2) is 4.52. The minimum atomic E-state index is 0.498. The van der Waals surface area contributed by atoms with Gasteiger partial charge in [0, 0.05) is 9.77 Å². The third-order valence-electron chi connectivity index (χ3n) is 2.69. The van der Waals surface area contributed by atoms with Crippen molar-refractivity contribution in [1.29, 1.82) is 0 Å². The summed E-state index contributed by atoms with van der Waals surface area (Å²) < 4.78 is 3.08. The SMILES string of the molecule is Nc1nc2cc(I)ccc2n1Cc1cccnn1. The zero-order valence-electron chi connectivity index (χ0n) is 9.42. The van der Waals surface area contributed by atoms with Crippen molar-refractivity contribution in [3.63, 3.8) is 0 Å². The molecule has 3 aromatic rings. The molecule has 0 unspecified atom stereocenters. The molecule has 0 aliphatic heterocycles. The lowest BCUT2D eigenvalue weighted by Gasteiger charge is -2.05. The van der Waals surface area contributed by atoms with Gasteiger partial charge in [-0.25, -0.2) is 4.98 Å². The van der Waals surface area contributed by atoms with Gasteiger partial charge in [0.2, 0.25) is 5.95 Å². The predicted octanol–water partition coefficient (Wildman–Crippen LogP) is 2.06. The zero-order valence-corrected chi connectivity index (χ0v) is 11.6. The van der Waals surface area contributed by atoms with Gasteiger partial charge in [-0.3, -0.25) is 0 Å². The van der Waals surface area contributed by atoms with Gasteiger partial charge >= 0.3 is 0 Å². The van der Waals surface area contributed by atoms with E-state index in [1.54, 1.807) is 6.20 Å². The topological polar surface area (TPSA) is 69.6 Å². The number of nitrogens with two attached hydrogens (primary N) is 1. The molecule has 0 spiro atoms. The minimum Gasteiger partial charge on any atom is -0.369 e. The number of halogens is 1. The highest BCUT2D eigenvalue weighted by Crippen LogP contribution is 2.20. The molecule has 0 fully saturated rings. The molecule has 0 aliphatic rings. The summed E-state index contributed by atoms with van der Waals surface area (Å²) in [5.74, 6) is 0.498. The van der Waals surface area contributed by atoms with Crippen LogP contribution < -0.4 is 5.73 Å². The Balaban J connectivity index is 2.09. The fourth-order valence-electron chi connectivity index (χ4n) is 1.87. The summed E-state index contributed by atoms with van der Waals surface area (Å²) in [4.78, 5) is 4.36. The van der Waals surface area contributed by atoms with E-state index in [0.717, 1.165) is 20.3 Å². The summed E-state index contributed by atoms with van der Waals surface area (Å²) in [5.41, 5.74) is 8.73. The van der Waals surface area contributed by atoms with Crippen molar-refractivity contribution in [3.05, 3.63) is 45.8 Å². The molecule has 0 atom stereocenters. The molecule has 2 aromatic heterocycles. The lowest BCUT2D eigenvalue weighted by molar-refractivity contribution is 0.782. The third kappa shape index (κ3) is 2.03. The Morgan fingerprint density at radius 2 is 2.17 bits per heavy atom. The summed E-state index contributed by atoms with van der Waals surface area (Å²) in [7, 11) is 0. The summed E-state index contributed by atoms with van der Waals surface area (Å²) >= 11 is 2.26. The number of anilines is 1. The van der Waals surface area contributed by atoms with E-state index < -0.39 is 0 Å². The van der Waals surface area contributed by atoms with Crippen LogP contribution in [-0.2, 0) is 6.54 Å². The van der Waals surface area contributed by atoms with Crippen molar-refractivity contribution in [2.45, 2.75) is 6.54 Å². The fourth-order valence-corrected chi connectivity index (χ4v) is 2.34. The Bertz CT molecular complexity index is 692. The zero-order chi connectivity index (χ0) is 12.5. The lowest BCUT2D eigenvalue weighted by Crippen LogP contribution is -2.06. The molecule has 0 bridgehead atoms. The second-order valence-electron chi connectivity index (χ2n) is 3.90. The molecule has 2 heterocycles. The van der Waals surface area contributed by atoms with Crippen LogP contribution in [0.15, 0.2) is 36.5 Å². The number of hydrogen-bond donors (Lipinski definition) is 1. The van der Waals surface area contributed by atoms with Crippen molar-refractivity contribution in [3.8, 4) is 0 Å². The quantitative estimate of drug-likeness (QED) is 0.718. The van der Waals surface area contributed by atoms with Crippen LogP contribution in [0.4, 0.5) is 5.95 Å². The molecule has 2 N–H and O–H groups in total. The van der Waals surface area contributed by atoms with Crippen LogP contribution in [0.2, 0.25) is 0 Å².